The van der Waals surface area contributed by atoms with Gasteiger partial charge in [0.1, 0.15) is 0 Å². The number of H-pyrrole nitrogens is 2. The molecule has 0 saturated heterocycles. The van der Waals surface area contributed by atoms with Gasteiger partial charge < -0.3 is 9.88 Å². The third kappa shape index (κ3) is 3.61. The van der Waals surface area contributed by atoms with E-state index in [0.717, 1.165) is 40.0 Å². The SMILES string of the molecule is CN(C)Cc1cncc(-c2cnc3n[nH]c(-c4cc5c(-c6ccsc6)cccc5[nH]4)c3c2)c1. The van der Waals surface area contributed by atoms with E-state index in [-0.39, 0.29) is 0 Å². The molecule has 5 heterocycles. The number of pyridine rings is 2. The summed E-state index contributed by atoms with van der Waals surface area (Å²) in [6.07, 6.45) is 5.66. The molecule has 0 amide bonds. The lowest BCUT2D eigenvalue weighted by Gasteiger charge is -2.10. The first kappa shape index (κ1) is 19.8. The summed E-state index contributed by atoms with van der Waals surface area (Å²) < 4.78 is 0. The van der Waals surface area contributed by atoms with E-state index in [1.54, 1.807) is 11.3 Å². The second kappa shape index (κ2) is 7.95. The third-order valence-corrected chi connectivity index (χ3v) is 6.49. The first-order valence-corrected chi connectivity index (χ1v) is 11.7. The molecular formula is C26H22N6S. The molecule has 162 valence electrons. The van der Waals surface area contributed by atoms with Crippen molar-refractivity contribution < 1.29 is 0 Å². The molecule has 0 fully saturated rings. The number of nitrogens with zero attached hydrogens (tertiary/aromatic N) is 4. The zero-order valence-electron chi connectivity index (χ0n) is 18.3. The number of hydrogen-bond acceptors (Lipinski definition) is 5. The standard InChI is InChI=1S/C26H22N6S/c1-32(2)14-16-8-18(12-27-11-16)19-9-22-25(30-31-26(22)28-13-19)24-10-21-20(17-6-7-33-15-17)4-3-5-23(21)29-24/h3-13,15,29H,14H2,1-2H3,(H,28,30,31). The van der Waals surface area contributed by atoms with Gasteiger partial charge in [-0.3, -0.25) is 10.1 Å². The minimum Gasteiger partial charge on any atom is -0.353 e. The predicted molar refractivity (Wildman–Crippen MR) is 135 cm³/mol. The van der Waals surface area contributed by atoms with E-state index in [9.17, 15) is 0 Å². The molecule has 7 heteroatoms. The average Bonchev–Trinajstić information content (AvgIpc) is 3.57. The Morgan fingerprint density at radius 3 is 2.70 bits per heavy atom. The Kier molecular flexibility index (Phi) is 4.78. The number of nitrogens with one attached hydrogen (secondary N) is 2. The van der Waals surface area contributed by atoms with Gasteiger partial charge in [0.15, 0.2) is 5.65 Å². The van der Waals surface area contributed by atoms with E-state index in [4.69, 9.17) is 0 Å². The van der Waals surface area contributed by atoms with Gasteiger partial charge in [0.25, 0.3) is 0 Å². The maximum Gasteiger partial charge on any atom is 0.181 e. The molecule has 6 aromatic rings. The lowest BCUT2D eigenvalue weighted by molar-refractivity contribution is 0.402. The van der Waals surface area contributed by atoms with E-state index in [0.29, 0.717) is 5.65 Å². The first-order chi connectivity index (χ1) is 16.2. The van der Waals surface area contributed by atoms with Crippen molar-refractivity contribution in [1.82, 2.24) is 30.0 Å². The summed E-state index contributed by atoms with van der Waals surface area (Å²) in [5.41, 5.74) is 9.42. The number of hydrogen-bond donors (Lipinski definition) is 2. The van der Waals surface area contributed by atoms with Crippen molar-refractivity contribution in [2.75, 3.05) is 14.1 Å². The van der Waals surface area contributed by atoms with Gasteiger partial charge in [-0.15, -0.1) is 0 Å². The van der Waals surface area contributed by atoms with Crippen LogP contribution in [0.3, 0.4) is 0 Å². The van der Waals surface area contributed by atoms with Crippen molar-refractivity contribution in [3.8, 4) is 33.6 Å². The summed E-state index contributed by atoms with van der Waals surface area (Å²) >= 11 is 1.71. The molecule has 0 aliphatic heterocycles. The Hall–Kier alpha value is -3.81. The van der Waals surface area contributed by atoms with Crippen LogP contribution in [0.5, 0.6) is 0 Å². The summed E-state index contributed by atoms with van der Waals surface area (Å²) in [4.78, 5) is 14.8. The fourth-order valence-electron chi connectivity index (χ4n) is 4.32. The normalized spacial score (nSPS) is 11.7. The number of aromatic nitrogens is 5. The maximum absolute atomic E-state index is 4.61. The molecule has 0 unspecified atom stereocenters. The van der Waals surface area contributed by atoms with Gasteiger partial charge in [0, 0.05) is 52.6 Å². The average molecular weight is 451 g/mol. The minimum absolute atomic E-state index is 0.697. The van der Waals surface area contributed by atoms with Crippen LogP contribution in [-0.2, 0) is 6.54 Å². The largest absolute Gasteiger partial charge is 0.353 e. The van der Waals surface area contributed by atoms with Crippen molar-refractivity contribution >= 4 is 33.3 Å². The molecule has 6 nitrogen and oxygen atoms in total. The number of rotatable bonds is 5. The molecule has 0 aliphatic rings. The highest BCUT2D eigenvalue weighted by Gasteiger charge is 2.15. The monoisotopic (exact) mass is 450 g/mol. The van der Waals surface area contributed by atoms with E-state index in [1.165, 1.54) is 22.1 Å². The van der Waals surface area contributed by atoms with Gasteiger partial charge in [-0.1, -0.05) is 12.1 Å². The summed E-state index contributed by atoms with van der Waals surface area (Å²) in [7, 11) is 4.12. The third-order valence-electron chi connectivity index (χ3n) is 5.80. The Balaban J connectivity index is 1.45. The zero-order valence-corrected chi connectivity index (χ0v) is 19.1. The van der Waals surface area contributed by atoms with Crippen molar-refractivity contribution in [3.63, 3.8) is 0 Å². The van der Waals surface area contributed by atoms with Gasteiger partial charge >= 0.3 is 0 Å². The predicted octanol–water partition coefficient (Wildman–Crippen LogP) is 5.96. The Morgan fingerprint density at radius 1 is 0.939 bits per heavy atom. The van der Waals surface area contributed by atoms with E-state index >= 15 is 0 Å². The van der Waals surface area contributed by atoms with Gasteiger partial charge in [-0.05, 0) is 71.9 Å². The molecule has 0 atom stereocenters. The van der Waals surface area contributed by atoms with Gasteiger partial charge in [-0.25, -0.2) is 4.98 Å². The van der Waals surface area contributed by atoms with Crippen LogP contribution in [0.4, 0.5) is 0 Å². The van der Waals surface area contributed by atoms with Crippen molar-refractivity contribution in [1.29, 1.82) is 0 Å². The molecule has 0 bridgehead atoms. The van der Waals surface area contributed by atoms with Gasteiger partial charge in [0.05, 0.1) is 11.4 Å². The van der Waals surface area contributed by atoms with Crippen molar-refractivity contribution in [3.05, 3.63) is 77.4 Å². The lowest BCUT2D eigenvalue weighted by Crippen LogP contribution is -2.10. The Labute approximate surface area is 195 Å². The topological polar surface area (TPSA) is 73.5 Å². The van der Waals surface area contributed by atoms with E-state index in [1.807, 2.05) is 18.6 Å². The molecule has 2 N–H and O–H groups in total. The van der Waals surface area contributed by atoms with Crippen LogP contribution in [0.25, 0.3) is 55.6 Å². The van der Waals surface area contributed by atoms with Crippen molar-refractivity contribution in [2.24, 2.45) is 0 Å². The molecular weight excluding hydrogens is 428 g/mol. The minimum atomic E-state index is 0.697. The lowest BCUT2D eigenvalue weighted by atomic mass is 10.0. The van der Waals surface area contributed by atoms with Crippen LogP contribution in [0, 0.1) is 0 Å². The van der Waals surface area contributed by atoms with Crippen LogP contribution in [0.2, 0.25) is 0 Å². The highest BCUT2D eigenvalue weighted by atomic mass is 32.1. The number of thiophene rings is 1. The van der Waals surface area contributed by atoms with E-state index in [2.05, 4.69) is 97.4 Å². The zero-order chi connectivity index (χ0) is 22.4. The van der Waals surface area contributed by atoms with Crippen LogP contribution in [-0.4, -0.2) is 44.1 Å². The summed E-state index contributed by atoms with van der Waals surface area (Å²) in [5.74, 6) is 0. The molecule has 5 aromatic heterocycles. The molecule has 0 spiro atoms. The van der Waals surface area contributed by atoms with Gasteiger partial charge in [-0.2, -0.15) is 16.4 Å². The fourth-order valence-corrected chi connectivity index (χ4v) is 4.98. The highest BCUT2D eigenvalue weighted by Crippen LogP contribution is 2.35. The smallest absolute Gasteiger partial charge is 0.181 e. The second-order valence-corrected chi connectivity index (χ2v) is 9.26. The van der Waals surface area contributed by atoms with E-state index < -0.39 is 0 Å². The molecule has 33 heavy (non-hydrogen) atoms. The van der Waals surface area contributed by atoms with Crippen LogP contribution < -0.4 is 0 Å². The second-order valence-electron chi connectivity index (χ2n) is 8.48. The molecule has 6 rings (SSSR count). The summed E-state index contributed by atoms with van der Waals surface area (Å²) in [6, 6.07) is 15.0. The molecule has 0 saturated carbocycles. The molecule has 1 aromatic carbocycles. The quantitative estimate of drug-likeness (QED) is 0.340. The molecule has 0 aliphatic carbocycles. The van der Waals surface area contributed by atoms with Crippen LogP contribution >= 0.6 is 11.3 Å². The number of aromatic amines is 2. The van der Waals surface area contributed by atoms with Crippen molar-refractivity contribution in [2.45, 2.75) is 6.54 Å². The summed E-state index contributed by atoms with van der Waals surface area (Å²) in [5, 5.41) is 14.1. The fraction of sp³-hybridized carbons (Fsp3) is 0.115. The number of fused-ring (bicyclic) bond motifs is 2. The van der Waals surface area contributed by atoms with Crippen LogP contribution in [0.1, 0.15) is 5.56 Å². The highest BCUT2D eigenvalue weighted by molar-refractivity contribution is 7.08. The molecule has 0 radical (unpaired) electrons. The maximum atomic E-state index is 4.61. The Bertz CT molecular complexity index is 1580. The first-order valence-electron chi connectivity index (χ1n) is 10.7. The van der Waals surface area contributed by atoms with Gasteiger partial charge in [0.2, 0.25) is 0 Å². The Morgan fingerprint density at radius 2 is 1.85 bits per heavy atom. The van der Waals surface area contributed by atoms with Crippen LogP contribution in [0.15, 0.2) is 71.8 Å². The number of benzene rings is 1. The summed E-state index contributed by atoms with van der Waals surface area (Å²) in [6.45, 7) is 0.842.